The van der Waals surface area contributed by atoms with Crippen LogP contribution in [0.25, 0.3) is 0 Å². The maximum Gasteiger partial charge on any atom is 0.303 e. The summed E-state index contributed by atoms with van der Waals surface area (Å²) in [7, 11) is 0. The van der Waals surface area contributed by atoms with Gasteiger partial charge >= 0.3 is 5.97 Å². The highest BCUT2D eigenvalue weighted by Crippen LogP contribution is 2.28. The molecule has 2 aromatic rings. The van der Waals surface area contributed by atoms with Crippen LogP contribution < -0.4 is 5.32 Å². The summed E-state index contributed by atoms with van der Waals surface area (Å²) in [5.41, 5.74) is 1.79. The first kappa shape index (κ1) is 18.7. The van der Waals surface area contributed by atoms with E-state index in [2.05, 4.69) is 5.32 Å². The molecule has 24 heavy (non-hydrogen) atoms. The van der Waals surface area contributed by atoms with Crippen molar-refractivity contribution in [1.29, 1.82) is 0 Å². The van der Waals surface area contributed by atoms with Gasteiger partial charge < -0.3 is 10.4 Å². The van der Waals surface area contributed by atoms with Crippen LogP contribution >= 0.6 is 23.2 Å². The number of halogens is 3. The molecule has 0 saturated carbocycles. The molecule has 0 aliphatic heterocycles. The lowest BCUT2D eigenvalue weighted by Crippen LogP contribution is -2.31. The molecule has 0 spiro atoms. The molecule has 0 fully saturated rings. The summed E-state index contributed by atoms with van der Waals surface area (Å²) in [6.45, 7) is 0.385. The number of benzene rings is 2. The second kappa shape index (κ2) is 9.02. The van der Waals surface area contributed by atoms with Crippen molar-refractivity contribution in [2.45, 2.75) is 31.8 Å². The third-order valence-corrected chi connectivity index (χ3v) is 4.63. The average Bonchev–Trinajstić information content (AvgIpc) is 2.57. The van der Waals surface area contributed by atoms with E-state index in [1.54, 1.807) is 6.07 Å². The van der Waals surface area contributed by atoms with Gasteiger partial charge in [-0.1, -0.05) is 59.6 Å². The lowest BCUT2D eigenvalue weighted by atomic mass is 10.0. The average molecular weight is 370 g/mol. The highest BCUT2D eigenvalue weighted by molar-refractivity contribution is 6.42. The monoisotopic (exact) mass is 369 g/mol. The van der Waals surface area contributed by atoms with E-state index in [1.807, 2.05) is 30.3 Å². The molecular weight excluding hydrogens is 352 g/mol. The maximum absolute atomic E-state index is 13.4. The highest BCUT2D eigenvalue weighted by atomic mass is 35.5. The molecule has 0 aliphatic carbocycles. The van der Waals surface area contributed by atoms with E-state index < -0.39 is 11.8 Å². The first-order valence-corrected chi connectivity index (χ1v) is 8.34. The standard InChI is InChI=1S/C18H18Cl2FNO2/c19-17-13(6-8-15(21)18(17)20)11-22-14(7-9-16(23)24)10-12-4-2-1-3-5-12/h1-6,8,14,22H,7,9-11H2,(H,23,24). The lowest BCUT2D eigenvalue weighted by molar-refractivity contribution is -0.137. The third-order valence-electron chi connectivity index (χ3n) is 3.73. The fraction of sp³-hybridized carbons (Fsp3) is 0.278. The molecule has 0 aromatic heterocycles. The zero-order chi connectivity index (χ0) is 17.5. The second-order valence-electron chi connectivity index (χ2n) is 5.53. The van der Waals surface area contributed by atoms with Gasteiger partial charge in [-0.15, -0.1) is 0 Å². The van der Waals surface area contributed by atoms with E-state index in [0.29, 0.717) is 24.9 Å². The van der Waals surface area contributed by atoms with Gasteiger partial charge in [0.15, 0.2) is 0 Å². The van der Waals surface area contributed by atoms with Crippen molar-refractivity contribution in [2.24, 2.45) is 0 Å². The fourth-order valence-corrected chi connectivity index (χ4v) is 2.83. The van der Waals surface area contributed by atoms with Crippen LogP contribution in [0.4, 0.5) is 4.39 Å². The van der Waals surface area contributed by atoms with Crippen LogP contribution in [0.1, 0.15) is 24.0 Å². The van der Waals surface area contributed by atoms with Gasteiger partial charge in [-0.3, -0.25) is 4.79 Å². The van der Waals surface area contributed by atoms with Crippen molar-refractivity contribution < 1.29 is 14.3 Å². The van der Waals surface area contributed by atoms with Gasteiger partial charge in [-0.25, -0.2) is 4.39 Å². The molecule has 2 N–H and O–H groups in total. The highest BCUT2D eigenvalue weighted by Gasteiger charge is 2.14. The molecule has 3 nitrogen and oxygen atoms in total. The Labute approximate surface area is 150 Å². The maximum atomic E-state index is 13.4. The number of carbonyl (C=O) groups is 1. The van der Waals surface area contributed by atoms with Crippen molar-refractivity contribution in [3.8, 4) is 0 Å². The second-order valence-corrected chi connectivity index (χ2v) is 6.29. The molecular formula is C18H18Cl2FNO2. The van der Waals surface area contributed by atoms with Gasteiger partial charge in [0.25, 0.3) is 0 Å². The minimum atomic E-state index is -0.835. The topological polar surface area (TPSA) is 49.3 Å². The Hall–Kier alpha value is -1.62. The Morgan fingerprint density at radius 2 is 1.83 bits per heavy atom. The minimum absolute atomic E-state index is 0.0385. The van der Waals surface area contributed by atoms with Crippen molar-refractivity contribution in [3.63, 3.8) is 0 Å². The number of hydrogen-bond acceptors (Lipinski definition) is 2. The number of aliphatic carboxylic acids is 1. The molecule has 0 heterocycles. The van der Waals surface area contributed by atoms with Crippen molar-refractivity contribution in [3.05, 3.63) is 69.5 Å². The number of nitrogens with one attached hydrogen (secondary N) is 1. The number of carboxylic acid groups (broad SMARTS) is 1. The van der Waals surface area contributed by atoms with Crippen molar-refractivity contribution in [1.82, 2.24) is 5.32 Å². The summed E-state index contributed by atoms with van der Waals surface area (Å²) >= 11 is 11.9. The normalized spacial score (nSPS) is 12.1. The van der Waals surface area contributed by atoms with Crippen LogP contribution in [0.2, 0.25) is 10.0 Å². The summed E-state index contributed by atoms with van der Waals surface area (Å²) in [6.07, 6.45) is 1.25. The summed E-state index contributed by atoms with van der Waals surface area (Å²) in [4.78, 5) is 10.9. The molecule has 6 heteroatoms. The zero-order valence-corrected chi connectivity index (χ0v) is 14.4. The SMILES string of the molecule is O=C(O)CCC(Cc1ccccc1)NCc1ccc(F)c(Cl)c1Cl. The summed E-state index contributed by atoms with van der Waals surface area (Å²) in [5, 5.41) is 12.3. The van der Waals surface area contributed by atoms with E-state index in [4.69, 9.17) is 28.3 Å². The molecule has 0 saturated heterocycles. The van der Waals surface area contributed by atoms with Crippen LogP contribution in [0.5, 0.6) is 0 Å². The molecule has 1 atom stereocenters. The van der Waals surface area contributed by atoms with E-state index in [-0.39, 0.29) is 22.5 Å². The van der Waals surface area contributed by atoms with Crippen LogP contribution in [0.3, 0.4) is 0 Å². The number of carboxylic acids is 1. The first-order chi connectivity index (χ1) is 11.5. The van der Waals surface area contributed by atoms with Crippen LogP contribution in [0.15, 0.2) is 42.5 Å². The molecule has 2 rings (SSSR count). The Bertz CT molecular complexity index is 695. The fourth-order valence-electron chi connectivity index (χ4n) is 2.43. The summed E-state index contributed by atoms with van der Waals surface area (Å²) in [5.74, 6) is -1.39. The molecule has 0 radical (unpaired) electrons. The molecule has 0 bridgehead atoms. The first-order valence-electron chi connectivity index (χ1n) is 7.59. The molecule has 1 unspecified atom stereocenters. The third kappa shape index (κ3) is 5.48. The summed E-state index contributed by atoms with van der Waals surface area (Å²) in [6, 6.07) is 12.6. The van der Waals surface area contributed by atoms with E-state index in [1.165, 1.54) is 6.07 Å². The minimum Gasteiger partial charge on any atom is -0.481 e. The Kier molecular flexibility index (Phi) is 7.03. The number of rotatable bonds is 8. The van der Waals surface area contributed by atoms with Crippen LogP contribution in [-0.2, 0) is 17.8 Å². The predicted molar refractivity (Wildman–Crippen MR) is 94.1 cm³/mol. The predicted octanol–water partition coefficient (Wildman–Crippen LogP) is 4.70. The molecule has 128 valence electrons. The van der Waals surface area contributed by atoms with Gasteiger partial charge in [0, 0.05) is 19.0 Å². The van der Waals surface area contributed by atoms with E-state index in [9.17, 15) is 9.18 Å². The van der Waals surface area contributed by atoms with Gasteiger partial charge in [0.05, 0.1) is 10.0 Å². The van der Waals surface area contributed by atoms with Crippen molar-refractivity contribution in [2.75, 3.05) is 0 Å². The molecule has 2 aromatic carbocycles. The Morgan fingerprint density at radius 3 is 2.50 bits per heavy atom. The molecule has 0 amide bonds. The van der Waals surface area contributed by atoms with Gasteiger partial charge in [-0.05, 0) is 30.0 Å². The summed E-state index contributed by atoms with van der Waals surface area (Å²) < 4.78 is 13.4. The Balaban J connectivity index is 2.04. The van der Waals surface area contributed by atoms with Crippen LogP contribution in [0, 0.1) is 5.82 Å². The Morgan fingerprint density at radius 1 is 1.12 bits per heavy atom. The van der Waals surface area contributed by atoms with Crippen LogP contribution in [-0.4, -0.2) is 17.1 Å². The van der Waals surface area contributed by atoms with Gasteiger partial charge in [0.2, 0.25) is 0 Å². The van der Waals surface area contributed by atoms with E-state index >= 15 is 0 Å². The van der Waals surface area contributed by atoms with E-state index in [0.717, 1.165) is 5.56 Å². The molecule has 0 aliphatic rings. The van der Waals surface area contributed by atoms with Gasteiger partial charge in [-0.2, -0.15) is 0 Å². The quantitative estimate of drug-likeness (QED) is 0.663. The smallest absolute Gasteiger partial charge is 0.303 e. The lowest BCUT2D eigenvalue weighted by Gasteiger charge is -2.19. The zero-order valence-electron chi connectivity index (χ0n) is 12.9. The largest absolute Gasteiger partial charge is 0.481 e. The van der Waals surface area contributed by atoms with Gasteiger partial charge in [0.1, 0.15) is 5.82 Å². The number of hydrogen-bond donors (Lipinski definition) is 2. The van der Waals surface area contributed by atoms with Crippen molar-refractivity contribution >= 4 is 29.2 Å².